The highest BCUT2D eigenvalue weighted by atomic mass is 16.6. The van der Waals surface area contributed by atoms with Crippen molar-refractivity contribution in [3.05, 3.63) is 88.4 Å². The number of aromatic nitrogens is 2. The Morgan fingerprint density at radius 3 is 2.15 bits per heavy atom. The van der Waals surface area contributed by atoms with Crippen LogP contribution in [0.25, 0.3) is 11.0 Å². The van der Waals surface area contributed by atoms with Crippen molar-refractivity contribution in [2.45, 2.75) is 168 Å². The smallest absolute Gasteiger partial charge is 0.407 e. The number of nitrogens with one attached hydrogen (secondary N) is 4. The zero-order chi connectivity index (χ0) is 46.7. The van der Waals surface area contributed by atoms with E-state index in [2.05, 4.69) is 159 Å². The molecule has 358 valence electrons. The van der Waals surface area contributed by atoms with Crippen LogP contribution in [0.4, 0.5) is 10.5 Å². The Kier molecular flexibility index (Phi) is 15.8. The maximum atomic E-state index is 13.8. The molecular formula is C51H78N9O5-. The van der Waals surface area contributed by atoms with E-state index in [-0.39, 0.29) is 71.8 Å². The first-order valence-electron chi connectivity index (χ1n) is 24.3. The first-order chi connectivity index (χ1) is 31.0. The standard InChI is InChI=1S/C51H78N9O5/c1-31(2)46(54-49(61)64-10)33(5)57-28-12-14-44(57)48-52-40-25-18-36(30-41(40)53-48)43-27-26-42(59(43)39-23-19-37(20-24-39)51(7,8)9)35-16-21-38(22-17-35)56-60(63)45-15-13-29-58(45)34(6)47(32(3)4)55-50(62)65-11/h16-23,25,30-34,39,42-47,50,55-56,62H,12-15,24,26-29H2,1-11H3,(H,52,53)(H,54,61)/q-1/t33?,34?,39?,42?,43?,44-,45+,46-,47?,50?/m0/s1. The number of allylic oxidation sites excluding steroid dienone is 2. The number of fused-ring (bicyclic) bond motifs is 1. The van der Waals surface area contributed by atoms with Crippen molar-refractivity contribution >= 4 is 22.8 Å². The summed E-state index contributed by atoms with van der Waals surface area (Å²) in [5.74, 6) is 1.44. The van der Waals surface area contributed by atoms with Crippen LogP contribution in [-0.4, -0.2) is 111 Å². The molecule has 3 fully saturated rings. The molecule has 0 saturated carbocycles. The summed E-state index contributed by atoms with van der Waals surface area (Å²) in [6.45, 7) is 21.4. The van der Waals surface area contributed by atoms with E-state index in [1.807, 2.05) is 0 Å². The van der Waals surface area contributed by atoms with Gasteiger partial charge in [0.15, 0.2) is 0 Å². The van der Waals surface area contributed by atoms with Gasteiger partial charge in [-0.3, -0.25) is 25.2 Å². The van der Waals surface area contributed by atoms with Gasteiger partial charge < -0.3 is 35.5 Å². The molecule has 4 heterocycles. The molecule has 1 aliphatic carbocycles. The van der Waals surface area contributed by atoms with Crippen molar-refractivity contribution in [3.8, 4) is 0 Å². The van der Waals surface area contributed by atoms with Gasteiger partial charge in [0.05, 0.1) is 30.4 Å². The normalized spacial score (nSPS) is 26.0. The van der Waals surface area contributed by atoms with Crippen molar-refractivity contribution in [3.63, 3.8) is 0 Å². The Morgan fingerprint density at radius 2 is 1.52 bits per heavy atom. The summed E-state index contributed by atoms with van der Waals surface area (Å²) in [5.41, 5.74) is 9.96. The molecule has 3 aliphatic heterocycles. The second-order valence-corrected chi connectivity index (χ2v) is 20.8. The Balaban J connectivity index is 1.10. The number of likely N-dealkylation sites (tertiary alicyclic amines) is 3. The van der Waals surface area contributed by atoms with Crippen LogP contribution >= 0.6 is 0 Å². The lowest BCUT2D eigenvalue weighted by atomic mass is 9.82. The number of hydrogen-bond donors (Lipinski definition) is 5. The first kappa shape index (κ1) is 49.1. The number of hydroxylamine groups is 1. The number of carbonyl (C=O) groups excluding carboxylic acids is 1. The molecule has 1 aromatic heterocycles. The summed E-state index contributed by atoms with van der Waals surface area (Å²) in [6, 6.07) is 16.0. The summed E-state index contributed by atoms with van der Waals surface area (Å²) in [4.78, 5) is 28.7. The summed E-state index contributed by atoms with van der Waals surface area (Å²) in [7, 11) is 2.89. The lowest BCUT2D eigenvalue weighted by molar-refractivity contribution is -0.113. The van der Waals surface area contributed by atoms with Crippen LogP contribution in [0.15, 0.2) is 66.3 Å². The van der Waals surface area contributed by atoms with Crippen molar-refractivity contribution in [2.24, 2.45) is 17.3 Å². The van der Waals surface area contributed by atoms with Gasteiger partial charge in [-0.25, -0.2) is 9.78 Å². The summed E-state index contributed by atoms with van der Waals surface area (Å²) < 4.78 is 10.1. The maximum absolute atomic E-state index is 13.8. The summed E-state index contributed by atoms with van der Waals surface area (Å²) in [5, 5.41) is 31.4. The van der Waals surface area contributed by atoms with Crippen LogP contribution in [0.1, 0.15) is 142 Å². The van der Waals surface area contributed by atoms with E-state index in [4.69, 9.17) is 14.5 Å². The Labute approximate surface area is 388 Å². The molecule has 7 rings (SSSR count). The number of methoxy groups -OCH3 is 2. The summed E-state index contributed by atoms with van der Waals surface area (Å²) >= 11 is 0. The molecule has 2 aromatic carbocycles. The lowest BCUT2D eigenvalue weighted by Crippen LogP contribution is -2.58. The number of imidazole rings is 1. The third-order valence-electron chi connectivity index (χ3n) is 14.9. The number of hydrogen-bond acceptors (Lipinski definition) is 12. The fourth-order valence-corrected chi connectivity index (χ4v) is 11.4. The van der Waals surface area contributed by atoms with Crippen LogP contribution in [0.5, 0.6) is 0 Å². The molecular weight excluding hydrogens is 819 g/mol. The topological polar surface area (TPSA) is 157 Å². The zero-order valence-corrected chi connectivity index (χ0v) is 40.9. The number of anilines is 1. The number of aliphatic hydroxyl groups is 1. The largest absolute Gasteiger partial charge is 0.766 e. The highest BCUT2D eigenvalue weighted by Crippen LogP contribution is 2.48. The van der Waals surface area contributed by atoms with Crippen LogP contribution < -0.4 is 16.1 Å². The molecule has 10 atom stereocenters. The van der Waals surface area contributed by atoms with Gasteiger partial charge in [0.1, 0.15) is 5.82 Å². The fourth-order valence-electron chi connectivity index (χ4n) is 11.4. The molecule has 1 amide bonds. The minimum Gasteiger partial charge on any atom is -0.766 e. The van der Waals surface area contributed by atoms with E-state index < -0.39 is 12.5 Å². The number of aliphatic hydroxyl groups excluding tert-OH is 1. The number of alkyl carbamates (subject to hydrolysis) is 1. The average molecular weight is 897 g/mol. The number of hydrazine groups is 1. The molecule has 65 heavy (non-hydrogen) atoms. The van der Waals surface area contributed by atoms with Crippen molar-refractivity contribution in [1.82, 2.24) is 40.5 Å². The van der Waals surface area contributed by atoms with Crippen molar-refractivity contribution in [1.29, 1.82) is 0 Å². The van der Waals surface area contributed by atoms with E-state index in [1.165, 1.54) is 30.9 Å². The zero-order valence-electron chi connectivity index (χ0n) is 40.9. The first-order valence-corrected chi connectivity index (χ1v) is 24.3. The number of nitrogens with zero attached hydrogens (tertiary/aromatic N) is 5. The van der Waals surface area contributed by atoms with E-state index >= 15 is 0 Å². The Hall–Kier alpha value is -3.86. The Bertz CT molecular complexity index is 2100. The van der Waals surface area contributed by atoms with Gasteiger partial charge in [-0.15, -0.1) is 0 Å². The molecule has 7 unspecified atom stereocenters. The highest BCUT2D eigenvalue weighted by Gasteiger charge is 2.41. The number of H-pyrrole nitrogens is 1. The molecule has 3 aromatic rings. The minimum atomic E-state index is -1.07. The van der Waals surface area contributed by atoms with Crippen LogP contribution in [0.3, 0.4) is 0 Å². The number of ether oxygens (including phenoxy) is 2. The van der Waals surface area contributed by atoms with Crippen LogP contribution in [-0.2, 0) is 9.47 Å². The number of aromatic amines is 1. The van der Waals surface area contributed by atoms with E-state index in [0.29, 0.717) is 0 Å². The maximum Gasteiger partial charge on any atom is 0.407 e. The van der Waals surface area contributed by atoms with E-state index in [1.54, 1.807) is 0 Å². The monoisotopic (exact) mass is 897 g/mol. The van der Waals surface area contributed by atoms with Gasteiger partial charge >= 0.3 is 6.09 Å². The lowest BCUT2D eigenvalue weighted by Gasteiger charge is -2.45. The van der Waals surface area contributed by atoms with Crippen LogP contribution in [0.2, 0.25) is 0 Å². The minimum absolute atomic E-state index is 0.000680. The number of carbonyl (C=O) groups is 1. The quantitative estimate of drug-likeness (QED) is 0.0648. The van der Waals surface area contributed by atoms with Gasteiger partial charge in [0, 0.05) is 61.6 Å². The van der Waals surface area contributed by atoms with Crippen molar-refractivity contribution < 1.29 is 19.4 Å². The molecule has 0 radical (unpaired) electrons. The van der Waals surface area contributed by atoms with E-state index in [0.717, 1.165) is 85.8 Å². The van der Waals surface area contributed by atoms with Gasteiger partial charge in [-0.1, -0.05) is 84.9 Å². The second kappa shape index (κ2) is 21.0. The highest BCUT2D eigenvalue weighted by molar-refractivity contribution is 5.76. The van der Waals surface area contributed by atoms with Crippen LogP contribution in [0, 0.1) is 22.5 Å². The molecule has 14 heteroatoms. The van der Waals surface area contributed by atoms with Gasteiger partial charge in [0.2, 0.25) is 6.41 Å². The molecule has 5 N–H and O–H groups in total. The molecule has 14 nitrogen and oxygen atoms in total. The predicted molar refractivity (Wildman–Crippen MR) is 259 cm³/mol. The fraction of sp³-hybridized carbons (Fsp3) is 0.647. The van der Waals surface area contributed by atoms with Gasteiger partial charge in [0.25, 0.3) is 0 Å². The molecule has 4 aliphatic rings. The number of amides is 1. The van der Waals surface area contributed by atoms with Crippen molar-refractivity contribution in [2.75, 3.05) is 32.7 Å². The third kappa shape index (κ3) is 11.0. The summed E-state index contributed by atoms with van der Waals surface area (Å²) in [6.07, 6.45) is 12.1. The van der Waals surface area contributed by atoms with E-state index in [9.17, 15) is 15.1 Å². The number of rotatable bonds is 17. The predicted octanol–water partition coefficient (Wildman–Crippen LogP) is 9.12. The molecule has 0 bridgehead atoms. The SMILES string of the molecule is COC(=O)N[C@@H](C(C)C)C(C)N1CCC[C@H]1c1nc2ccc(C3CCC(c4ccc(NN([O-])[C@@H]5CCCN5C(C)C(NC(O)OC)C(C)C)cc4)N3C3C=CC(C(C)(C)C)=CC3)cc2[nH]1. The van der Waals surface area contributed by atoms with Gasteiger partial charge in [-0.05, 0) is 124 Å². The third-order valence-corrected chi connectivity index (χ3v) is 14.9. The molecule has 3 saturated heterocycles. The average Bonchev–Trinajstić information content (AvgIpc) is 4.12. The number of benzene rings is 2. The Morgan fingerprint density at radius 1 is 0.877 bits per heavy atom. The molecule has 0 spiro atoms. The van der Waals surface area contributed by atoms with Gasteiger partial charge in [-0.2, -0.15) is 0 Å². The second-order valence-electron chi connectivity index (χ2n) is 20.8.